The molecule has 1 heterocycles. The number of aromatic amines is 1. The fraction of sp³-hybridized carbons (Fsp3) is 0.185. The molecule has 7 nitrogen and oxygen atoms in total. The molecular formula is C27H28N4O3. The number of aliphatic imine (C=N–C) groups is 1. The molecule has 0 unspecified atom stereocenters. The number of hydrogen-bond acceptors (Lipinski definition) is 4. The van der Waals surface area contributed by atoms with E-state index in [1.165, 1.54) is 10.9 Å². The first-order chi connectivity index (χ1) is 16.7. The lowest BCUT2D eigenvalue weighted by Gasteiger charge is -2.13. The third-order valence-corrected chi connectivity index (χ3v) is 5.34. The number of hydrogen-bond donors (Lipinski definition) is 3. The molecule has 0 saturated carbocycles. The number of benzene rings is 3. The molecule has 0 bridgehead atoms. The van der Waals surface area contributed by atoms with Gasteiger partial charge in [0.1, 0.15) is 11.5 Å². The average Bonchev–Trinajstić information content (AvgIpc) is 3.28. The fourth-order valence-corrected chi connectivity index (χ4v) is 3.60. The van der Waals surface area contributed by atoms with Gasteiger partial charge in [-0.05, 0) is 73.5 Å². The van der Waals surface area contributed by atoms with Crippen LogP contribution in [0.25, 0.3) is 10.9 Å². The molecule has 3 N–H and O–H groups in total. The molecule has 1 aromatic heterocycles. The zero-order valence-corrected chi connectivity index (χ0v) is 19.3. The van der Waals surface area contributed by atoms with Gasteiger partial charge in [0.25, 0.3) is 5.91 Å². The van der Waals surface area contributed by atoms with Gasteiger partial charge in [-0.25, -0.2) is 0 Å². The molecule has 4 rings (SSSR count). The smallest absolute Gasteiger partial charge is 0.257 e. The highest BCUT2D eigenvalue weighted by Gasteiger charge is 2.10. The normalized spacial score (nSPS) is 11.3. The van der Waals surface area contributed by atoms with Crippen LogP contribution in [0.15, 0.2) is 84.0 Å². The van der Waals surface area contributed by atoms with Gasteiger partial charge in [-0.1, -0.05) is 18.2 Å². The summed E-state index contributed by atoms with van der Waals surface area (Å²) in [5, 5.41) is 7.30. The topological polar surface area (TPSA) is 87.7 Å². The summed E-state index contributed by atoms with van der Waals surface area (Å²) in [7, 11) is 1.59. The summed E-state index contributed by atoms with van der Waals surface area (Å²) in [5.74, 6) is 1.60. The van der Waals surface area contributed by atoms with E-state index in [0.29, 0.717) is 30.4 Å². The number of carbonyl (C=O) groups is 1. The van der Waals surface area contributed by atoms with E-state index < -0.39 is 0 Å². The monoisotopic (exact) mass is 456 g/mol. The Labute approximate surface area is 198 Å². The van der Waals surface area contributed by atoms with Crippen LogP contribution < -0.4 is 20.1 Å². The van der Waals surface area contributed by atoms with Gasteiger partial charge in [0.05, 0.1) is 13.7 Å². The summed E-state index contributed by atoms with van der Waals surface area (Å²) >= 11 is 0. The second kappa shape index (κ2) is 11.0. The molecule has 174 valence electrons. The third kappa shape index (κ3) is 5.75. The molecular weight excluding hydrogens is 428 g/mol. The first-order valence-electron chi connectivity index (χ1n) is 11.2. The van der Waals surface area contributed by atoms with E-state index in [2.05, 4.69) is 32.7 Å². The van der Waals surface area contributed by atoms with Gasteiger partial charge in [0, 0.05) is 34.9 Å². The first-order valence-corrected chi connectivity index (χ1v) is 11.2. The predicted molar refractivity (Wildman–Crippen MR) is 136 cm³/mol. The number of methoxy groups -OCH3 is 1. The van der Waals surface area contributed by atoms with Crippen LogP contribution in [0.1, 0.15) is 22.8 Å². The van der Waals surface area contributed by atoms with Crippen LogP contribution in [-0.4, -0.2) is 37.1 Å². The zero-order valence-electron chi connectivity index (χ0n) is 19.3. The highest BCUT2D eigenvalue weighted by Crippen LogP contribution is 2.19. The Morgan fingerprint density at radius 3 is 2.44 bits per heavy atom. The number of nitrogens with zero attached hydrogens (tertiary/aromatic N) is 1. The molecule has 0 aliphatic rings. The van der Waals surface area contributed by atoms with Crippen molar-refractivity contribution in [1.29, 1.82) is 0 Å². The van der Waals surface area contributed by atoms with E-state index >= 15 is 0 Å². The van der Waals surface area contributed by atoms with Crippen molar-refractivity contribution in [2.45, 2.75) is 13.3 Å². The highest BCUT2D eigenvalue weighted by atomic mass is 16.5. The number of nitrogens with one attached hydrogen (secondary N) is 3. The van der Waals surface area contributed by atoms with Gasteiger partial charge < -0.3 is 19.8 Å². The number of aromatic nitrogens is 1. The molecule has 7 heteroatoms. The number of anilines is 1. The molecule has 3 aromatic carbocycles. The largest absolute Gasteiger partial charge is 0.497 e. The van der Waals surface area contributed by atoms with Crippen molar-refractivity contribution in [3.63, 3.8) is 0 Å². The van der Waals surface area contributed by atoms with Crippen LogP contribution >= 0.6 is 0 Å². The Balaban J connectivity index is 1.50. The molecule has 0 spiro atoms. The van der Waals surface area contributed by atoms with Gasteiger partial charge >= 0.3 is 0 Å². The number of guanidine groups is 1. The van der Waals surface area contributed by atoms with Crippen LogP contribution in [0.3, 0.4) is 0 Å². The number of amides is 1. The SMILES string of the molecule is CCOc1ccc(NC(=NCCc2c[nH]c3ccccc23)NC(=O)c2ccc(OC)cc2)cc1. The first kappa shape index (κ1) is 22.9. The number of H-pyrrole nitrogens is 1. The van der Waals surface area contributed by atoms with Crippen LogP contribution in [0.5, 0.6) is 11.5 Å². The second-order valence-corrected chi connectivity index (χ2v) is 7.60. The van der Waals surface area contributed by atoms with E-state index in [9.17, 15) is 4.79 Å². The Bertz CT molecular complexity index is 1260. The number of rotatable bonds is 8. The average molecular weight is 457 g/mol. The summed E-state index contributed by atoms with van der Waals surface area (Å²) < 4.78 is 10.7. The molecule has 0 aliphatic carbocycles. The lowest BCUT2D eigenvalue weighted by molar-refractivity contribution is 0.0977. The summed E-state index contributed by atoms with van der Waals surface area (Å²) in [5.41, 5.74) is 3.59. The minimum absolute atomic E-state index is 0.257. The molecule has 0 aliphatic heterocycles. The maximum absolute atomic E-state index is 12.9. The van der Waals surface area contributed by atoms with Crippen LogP contribution in [-0.2, 0) is 6.42 Å². The van der Waals surface area contributed by atoms with E-state index in [-0.39, 0.29) is 5.91 Å². The van der Waals surface area contributed by atoms with Gasteiger partial charge in [0.15, 0.2) is 0 Å². The van der Waals surface area contributed by atoms with E-state index in [1.807, 2.05) is 49.5 Å². The Hall–Kier alpha value is -4.26. The number of para-hydroxylation sites is 1. The Morgan fingerprint density at radius 2 is 1.71 bits per heavy atom. The van der Waals surface area contributed by atoms with Gasteiger partial charge in [0.2, 0.25) is 5.96 Å². The van der Waals surface area contributed by atoms with Gasteiger partial charge in [-0.3, -0.25) is 15.1 Å². The lowest BCUT2D eigenvalue weighted by atomic mass is 10.1. The minimum Gasteiger partial charge on any atom is -0.497 e. The fourth-order valence-electron chi connectivity index (χ4n) is 3.60. The van der Waals surface area contributed by atoms with Crippen molar-refractivity contribution in [2.75, 3.05) is 25.6 Å². The highest BCUT2D eigenvalue weighted by molar-refractivity contribution is 6.10. The van der Waals surface area contributed by atoms with Crippen molar-refractivity contribution < 1.29 is 14.3 Å². The van der Waals surface area contributed by atoms with Crippen molar-refractivity contribution in [1.82, 2.24) is 10.3 Å². The van der Waals surface area contributed by atoms with Crippen LogP contribution in [0, 0.1) is 0 Å². The molecule has 0 atom stereocenters. The summed E-state index contributed by atoms with van der Waals surface area (Å²) in [4.78, 5) is 20.8. The summed E-state index contributed by atoms with van der Waals surface area (Å²) in [6.07, 6.45) is 2.74. The minimum atomic E-state index is -0.257. The van der Waals surface area contributed by atoms with Crippen LogP contribution in [0.2, 0.25) is 0 Å². The molecule has 34 heavy (non-hydrogen) atoms. The van der Waals surface area contributed by atoms with E-state index in [1.54, 1.807) is 31.4 Å². The van der Waals surface area contributed by atoms with Crippen molar-refractivity contribution in [2.24, 2.45) is 4.99 Å². The maximum atomic E-state index is 12.9. The molecule has 1 amide bonds. The summed E-state index contributed by atoms with van der Waals surface area (Å²) in [6, 6.07) is 22.6. The van der Waals surface area contributed by atoms with Crippen molar-refractivity contribution in [3.8, 4) is 11.5 Å². The molecule has 0 fully saturated rings. The molecule has 0 saturated heterocycles. The Morgan fingerprint density at radius 1 is 0.971 bits per heavy atom. The molecule has 4 aromatic rings. The van der Waals surface area contributed by atoms with Gasteiger partial charge in [-0.2, -0.15) is 0 Å². The van der Waals surface area contributed by atoms with E-state index in [4.69, 9.17) is 9.47 Å². The Kier molecular flexibility index (Phi) is 7.45. The quantitative estimate of drug-likeness (QED) is 0.257. The third-order valence-electron chi connectivity index (χ3n) is 5.34. The predicted octanol–water partition coefficient (Wildman–Crippen LogP) is 5.02. The van der Waals surface area contributed by atoms with Crippen molar-refractivity contribution >= 4 is 28.5 Å². The maximum Gasteiger partial charge on any atom is 0.257 e. The number of carbonyl (C=O) groups excluding carboxylic acids is 1. The zero-order chi connectivity index (χ0) is 23.8. The summed E-state index contributed by atoms with van der Waals surface area (Å²) in [6.45, 7) is 3.05. The van der Waals surface area contributed by atoms with Crippen molar-refractivity contribution in [3.05, 3.63) is 90.1 Å². The molecule has 0 radical (unpaired) electrons. The van der Waals surface area contributed by atoms with Gasteiger partial charge in [-0.15, -0.1) is 0 Å². The number of ether oxygens (including phenoxy) is 2. The van der Waals surface area contributed by atoms with Crippen LogP contribution in [0.4, 0.5) is 5.69 Å². The van der Waals surface area contributed by atoms with E-state index in [0.717, 1.165) is 23.4 Å². The lowest BCUT2D eigenvalue weighted by Crippen LogP contribution is -2.36. The second-order valence-electron chi connectivity index (χ2n) is 7.60. The number of fused-ring (bicyclic) bond motifs is 1. The standard InChI is InChI=1S/C27H28N4O3/c1-3-34-23-14-10-21(11-15-23)30-27(31-26(32)19-8-12-22(33-2)13-9-19)28-17-16-20-18-29-25-7-5-4-6-24(20)25/h4-15,18,29H,3,16-17H2,1-2H3,(H2,28,30,31,32).